The molecule has 160 valence electrons. The number of aromatic nitrogens is 2. The second-order valence-corrected chi connectivity index (χ2v) is 10.3. The van der Waals surface area contributed by atoms with Gasteiger partial charge in [-0.2, -0.15) is 0 Å². The van der Waals surface area contributed by atoms with Crippen LogP contribution in [0.1, 0.15) is 87.2 Å². The fourth-order valence-corrected chi connectivity index (χ4v) is 5.68. The third-order valence-electron chi connectivity index (χ3n) is 7.22. The summed E-state index contributed by atoms with van der Waals surface area (Å²) in [6.45, 7) is 0. The van der Waals surface area contributed by atoms with E-state index in [2.05, 4.69) is 58.4 Å². The Hall–Kier alpha value is -2.00. The van der Waals surface area contributed by atoms with Gasteiger partial charge in [-0.05, 0) is 72.9 Å². The molecule has 2 aliphatic carbocycles. The van der Waals surface area contributed by atoms with Crippen molar-refractivity contribution in [2.45, 2.75) is 76.0 Å². The quantitative estimate of drug-likeness (QED) is 0.377. The monoisotopic (exact) mass is 474 g/mol. The van der Waals surface area contributed by atoms with E-state index < -0.39 is 0 Å². The summed E-state index contributed by atoms with van der Waals surface area (Å²) in [4.78, 5) is 9.61. The third kappa shape index (κ3) is 4.92. The van der Waals surface area contributed by atoms with Crippen LogP contribution in [0, 0.1) is 0 Å². The van der Waals surface area contributed by atoms with Gasteiger partial charge in [-0.25, -0.2) is 0 Å². The molecule has 0 N–H and O–H groups in total. The first-order chi connectivity index (χ1) is 15.3. The summed E-state index contributed by atoms with van der Waals surface area (Å²) < 4.78 is 1.08. The molecule has 5 rings (SSSR count). The lowest BCUT2D eigenvalue weighted by atomic mass is 9.79. The second kappa shape index (κ2) is 9.65. The Morgan fingerprint density at radius 1 is 0.581 bits per heavy atom. The van der Waals surface area contributed by atoms with Crippen LogP contribution in [-0.4, -0.2) is 9.97 Å². The number of benzene rings is 2. The summed E-state index contributed by atoms with van der Waals surface area (Å²) in [5.74, 6) is 1.43. The van der Waals surface area contributed by atoms with Gasteiger partial charge >= 0.3 is 0 Å². The first-order valence-corrected chi connectivity index (χ1v) is 12.8. The minimum atomic E-state index is 0.714. The molecule has 1 heterocycles. The van der Waals surface area contributed by atoms with Crippen LogP contribution in [0.2, 0.25) is 0 Å². The van der Waals surface area contributed by atoms with Crippen molar-refractivity contribution in [1.29, 1.82) is 0 Å². The Balaban J connectivity index is 1.48. The maximum atomic E-state index is 4.85. The van der Waals surface area contributed by atoms with E-state index in [0.717, 1.165) is 21.4 Å². The highest BCUT2D eigenvalue weighted by molar-refractivity contribution is 9.10. The van der Waals surface area contributed by atoms with Crippen LogP contribution in [0.5, 0.6) is 0 Å². The van der Waals surface area contributed by atoms with Crippen LogP contribution in [0.4, 0.5) is 0 Å². The van der Waals surface area contributed by atoms with Gasteiger partial charge in [0.15, 0.2) is 0 Å². The highest BCUT2D eigenvalue weighted by Gasteiger charge is 2.21. The first-order valence-electron chi connectivity index (χ1n) is 12.0. The molecule has 0 amide bonds. The predicted molar refractivity (Wildman–Crippen MR) is 132 cm³/mol. The van der Waals surface area contributed by atoms with E-state index in [-0.39, 0.29) is 0 Å². The van der Waals surface area contributed by atoms with Gasteiger partial charge in [0.2, 0.25) is 0 Å². The average molecular weight is 475 g/mol. The zero-order valence-corrected chi connectivity index (χ0v) is 19.8. The van der Waals surface area contributed by atoms with Gasteiger partial charge in [0.1, 0.15) is 0 Å². The molecule has 0 saturated heterocycles. The van der Waals surface area contributed by atoms with E-state index in [1.54, 1.807) is 0 Å². The van der Waals surface area contributed by atoms with Crippen LogP contribution in [0.15, 0.2) is 59.3 Å². The molecular weight excluding hydrogens is 444 g/mol. The van der Waals surface area contributed by atoms with Gasteiger partial charge in [-0.15, -0.1) is 0 Å². The Morgan fingerprint density at radius 2 is 1.06 bits per heavy atom. The van der Waals surface area contributed by atoms with Gasteiger partial charge in [-0.3, -0.25) is 9.97 Å². The van der Waals surface area contributed by atoms with E-state index in [0.29, 0.717) is 11.8 Å². The summed E-state index contributed by atoms with van der Waals surface area (Å²) >= 11 is 3.50. The molecule has 2 aliphatic rings. The molecule has 0 aliphatic heterocycles. The predicted octanol–water partition coefficient (Wildman–Crippen LogP) is 8.67. The molecule has 3 heteroatoms. The highest BCUT2D eigenvalue weighted by Crippen LogP contribution is 2.39. The number of hydrogen-bond acceptors (Lipinski definition) is 2. The van der Waals surface area contributed by atoms with Gasteiger partial charge < -0.3 is 0 Å². The van der Waals surface area contributed by atoms with Crippen molar-refractivity contribution in [3.8, 4) is 22.5 Å². The smallest absolute Gasteiger partial charge is 0.0885 e. The second-order valence-electron chi connectivity index (χ2n) is 9.35. The fraction of sp³-hybridized carbons (Fsp3) is 0.429. The lowest BCUT2D eigenvalue weighted by Crippen LogP contribution is -2.09. The summed E-state index contributed by atoms with van der Waals surface area (Å²) in [7, 11) is 0. The normalized spacial score (nSPS) is 18.2. The van der Waals surface area contributed by atoms with Crippen LogP contribution in [-0.2, 0) is 0 Å². The number of hydrogen-bond donors (Lipinski definition) is 0. The van der Waals surface area contributed by atoms with Crippen molar-refractivity contribution in [2.75, 3.05) is 0 Å². The topological polar surface area (TPSA) is 25.8 Å². The Morgan fingerprint density at radius 3 is 1.55 bits per heavy atom. The van der Waals surface area contributed by atoms with Gasteiger partial charge in [0.25, 0.3) is 0 Å². The molecular formula is C28H31BrN2. The first kappa shape index (κ1) is 20.9. The van der Waals surface area contributed by atoms with Crippen molar-refractivity contribution in [3.05, 3.63) is 70.5 Å². The van der Waals surface area contributed by atoms with Crippen LogP contribution < -0.4 is 0 Å². The van der Waals surface area contributed by atoms with E-state index in [1.165, 1.54) is 80.9 Å². The molecule has 0 spiro atoms. The van der Waals surface area contributed by atoms with E-state index in [9.17, 15) is 0 Å². The largest absolute Gasteiger partial charge is 0.252 e. The molecule has 0 radical (unpaired) electrons. The minimum absolute atomic E-state index is 0.714. The van der Waals surface area contributed by atoms with Crippen molar-refractivity contribution in [1.82, 2.24) is 9.97 Å². The van der Waals surface area contributed by atoms with Gasteiger partial charge in [0.05, 0.1) is 23.8 Å². The van der Waals surface area contributed by atoms with Crippen molar-refractivity contribution >= 4 is 15.9 Å². The fourth-order valence-electron chi connectivity index (χ4n) is 5.41. The summed E-state index contributed by atoms with van der Waals surface area (Å²) in [6, 6.07) is 15.6. The van der Waals surface area contributed by atoms with E-state index in [1.807, 2.05) is 12.4 Å². The van der Waals surface area contributed by atoms with Gasteiger partial charge in [-0.1, -0.05) is 72.7 Å². The molecule has 1 aromatic heterocycles. The minimum Gasteiger partial charge on any atom is -0.252 e. The molecule has 2 nitrogen and oxygen atoms in total. The highest BCUT2D eigenvalue weighted by atomic mass is 79.9. The molecule has 2 aromatic carbocycles. The zero-order chi connectivity index (χ0) is 21.0. The summed E-state index contributed by atoms with van der Waals surface area (Å²) in [6.07, 6.45) is 17.5. The lowest BCUT2D eigenvalue weighted by molar-refractivity contribution is 0.435. The van der Waals surface area contributed by atoms with E-state index >= 15 is 0 Å². The Bertz CT molecular complexity index is 962. The molecule has 0 unspecified atom stereocenters. The Kier molecular flexibility index (Phi) is 6.50. The summed E-state index contributed by atoms with van der Waals surface area (Å²) in [5.41, 5.74) is 7.34. The average Bonchev–Trinajstić information content (AvgIpc) is 2.85. The van der Waals surface area contributed by atoms with E-state index in [4.69, 9.17) is 9.97 Å². The molecule has 31 heavy (non-hydrogen) atoms. The maximum Gasteiger partial charge on any atom is 0.0885 e. The van der Waals surface area contributed by atoms with Crippen LogP contribution in [0.3, 0.4) is 0 Å². The SMILES string of the molecule is Brc1ccc(-c2cnc(-c3cc(C4CCCCC4)cc(C4CCCCC4)c3)cn2)cc1. The summed E-state index contributed by atoms with van der Waals surface area (Å²) in [5, 5.41) is 0. The lowest BCUT2D eigenvalue weighted by Gasteiger charge is -2.26. The Labute approximate surface area is 194 Å². The van der Waals surface area contributed by atoms with Crippen molar-refractivity contribution in [2.24, 2.45) is 0 Å². The van der Waals surface area contributed by atoms with Crippen molar-refractivity contribution in [3.63, 3.8) is 0 Å². The van der Waals surface area contributed by atoms with Crippen molar-refractivity contribution < 1.29 is 0 Å². The molecule has 2 fully saturated rings. The van der Waals surface area contributed by atoms with Gasteiger partial charge in [0, 0.05) is 15.6 Å². The number of halogens is 1. The number of rotatable bonds is 4. The molecule has 2 saturated carbocycles. The maximum absolute atomic E-state index is 4.85. The number of nitrogens with zero attached hydrogens (tertiary/aromatic N) is 2. The third-order valence-corrected chi connectivity index (χ3v) is 7.75. The molecule has 3 aromatic rings. The zero-order valence-electron chi connectivity index (χ0n) is 18.2. The standard InChI is InChI=1S/C28H31BrN2/c29-26-13-11-22(12-14-26)27-18-31-28(19-30-27)25-16-23(20-7-3-1-4-8-20)15-24(17-25)21-9-5-2-6-10-21/h11-21H,1-10H2. The molecule has 0 bridgehead atoms. The molecule has 0 atom stereocenters. The van der Waals surface area contributed by atoms with Crippen LogP contribution >= 0.6 is 15.9 Å². The van der Waals surface area contributed by atoms with Crippen LogP contribution in [0.25, 0.3) is 22.5 Å².